The van der Waals surface area contributed by atoms with Crippen LogP contribution in [0.3, 0.4) is 0 Å². The van der Waals surface area contributed by atoms with Gasteiger partial charge in [0.05, 0.1) is 5.69 Å². The fourth-order valence-corrected chi connectivity index (χ4v) is 3.63. The largest absolute Gasteiger partial charge is 0.351 e. The third kappa shape index (κ3) is 5.21. The summed E-state index contributed by atoms with van der Waals surface area (Å²) < 4.78 is 27.4. The molecule has 0 aliphatic rings. The van der Waals surface area contributed by atoms with Crippen molar-refractivity contribution in [2.24, 2.45) is 11.8 Å². The summed E-state index contributed by atoms with van der Waals surface area (Å²) in [4.78, 5) is 12.5. The van der Waals surface area contributed by atoms with Gasteiger partial charge < -0.3 is 5.32 Å². The quantitative estimate of drug-likeness (QED) is 0.776. The summed E-state index contributed by atoms with van der Waals surface area (Å²) in [7, 11) is -0.852. The molecule has 0 aromatic heterocycles. The van der Waals surface area contributed by atoms with E-state index in [1.807, 2.05) is 27.7 Å². The van der Waals surface area contributed by atoms with Gasteiger partial charge in [0.1, 0.15) is 6.54 Å². The number of anilines is 1. The molecule has 0 unspecified atom stereocenters. The maximum atomic E-state index is 12.6. The van der Waals surface area contributed by atoms with Crippen LogP contribution in [-0.4, -0.2) is 45.3 Å². The molecule has 0 spiro atoms. The van der Waals surface area contributed by atoms with E-state index in [4.69, 9.17) is 0 Å². The molecule has 136 valence electrons. The number of benzene rings is 1. The van der Waals surface area contributed by atoms with Crippen molar-refractivity contribution in [2.45, 2.75) is 33.7 Å². The highest BCUT2D eigenvalue weighted by Crippen LogP contribution is 2.19. The maximum Gasteiger partial charge on any atom is 0.304 e. The van der Waals surface area contributed by atoms with Crippen LogP contribution in [-0.2, 0) is 15.0 Å². The van der Waals surface area contributed by atoms with Gasteiger partial charge in [-0.05, 0) is 24.0 Å². The van der Waals surface area contributed by atoms with Crippen LogP contribution in [0.15, 0.2) is 30.3 Å². The Kier molecular flexibility index (Phi) is 7.23. The minimum Gasteiger partial charge on any atom is -0.351 e. The number of para-hydroxylation sites is 1. The molecule has 1 rings (SSSR count). The maximum absolute atomic E-state index is 12.6. The lowest BCUT2D eigenvalue weighted by Crippen LogP contribution is -2.49. The van der Waals surface area contributed by atoms with Gasteiger partial charge in [-0.25, -0.2) is 4.31 Å². The standard InChI is InChI=1S/C17H29N3O3S/c1-13(2)17(14(3)4)18-16(21)12-20(24(22,23)19(5)6)15-10-8-7-9-11-15/h7-11,13-14,17H,12H2,1-6H3,(H,18,21). The monoisotopic (exact) mass is 355 g/mol. The zero-order valence-corrected chi connectivity index (χ0v) is 16.2. The highest BCUT2D eigenvalue weighted by atomic mass is 32.2. The lowest BCUT2D eigenvalue weighted by atomic mass is 9.93. The molecule has 0 bridgehead atoms. The molecule has 1 aromatic carbocycles. The van der Waals surface area contributed by atoms with Gasteiger partial charge in [0.2, 0.25) is 5.91 Å². The SMILES string of the molecule is CC(C)C(NC(=O)CN(c1ccccc1)S(=O)(=O)N(C)C)C(C)C. The third-order valence-corrected chi connectivity index (χ3v) is 5.66. The summed E-state index contributed by atoms with van der Waals surface area (Å²) >= 11 is 0. The second-order valence-electron chi connectivity index (χ2n) is 6.71. The van der Waals surface area contributed by atoms with E-state index >= 15 is 0 Å². The highest BCUT2D eigenvalue weighted by molar-refractivity contribution is 7.90. The Labute approximate surface area is 146 Å². The molecule has 0 saturated carbocycles. The molecular weight excluding hydrogens is 326 g/mol. The Morgan fingerprint density at radius 3 is 1.96 bits per heavy atom. The van der Waals surface area contributed by atoms with Crippen LogP contribution in [0.25, 0.3) is 0 Å². The van der Waals surface area contributed by atoms with Crippen molar-refractivity contribution in [3.05, 3.63) is 30.3 Å². The number of rotatable bonds is 8. The molecule has 0 heterocycles. The molecule has 24 heavy (non-hydrogen) atoms. The van der Waals surface area contributed by atoms with Gasteiger partial charge in [0.25, 0.3) is 0 Å². The van der Waals surface area contributed by atoms with Crippen molar-refractivity contribution in [3.8, 4) is 0 Å². The predicted octanol–water partition coefficient (Wildman–Crippen LogP) is 2.10. The van der Waals surface area contributed by atoms with Crippen LogP contribution in [0.5, 0.6) is 0 Å². The summed E-state index contributed by atoms with van der Waals surface area (Å²) in [6.07, 6.45) is 0. The van der Waals surface area contributed by atoms with Crippen molar-refractivity contribution >= 4 is 21.8 Å². The van der Waals surface area contributed by atoms with Gasteiger partial charge in [-0.2, -0.15) is 12.7 Å². The molecule has 0 aliphatic carbocycles. The highest BCUT2D eigenvalue weighted by Gasteiger charge is 2.28. The van der Waals surface area contributed by atoms with Gasteiger partial charge in [0.15, 0.2) is 0 Å². The van der Waals surface area contributed by atoms with E-state index in [9.17, 15) is 13.2 Å². The summed E-state index contributed by atoms with van der Waals surface area (Å²) in [5.41, 5.74) is 0.465. The fourth-order valence-electron chi connectivity index (χ4n) is 2.56. The lowest BCUT2D eigenvalue weighted by Gasteiger charge is -2.30. The second-order valence-corrected chi connectivity index (χ2v) is 8.78. The molecular formula is C17H29N3O3S. The first-order valence-electron chi connectivity index (χ1n) is 8.12. The Bertz CT molecular complexity index is 620. The van der Waals surface area contributed by atoms with Crippen LogP contribution in [0.2, 0.25) is 0 Å². The van der Waals surface area contributed by atoms with Crippen molar-refractivity contribution < 1.29 is 13.2 Å². The Hall–Kier alpha value is -1.60. The number of hydrogen-bond donors (Lipinski definition) is 1. The van der Waals surface area contributed by atoms with Gasteiger partial charge in [-0.1, -0.05) is 45.9 Å². The van der Waals surface area contributed by atoms with E-state index in [-0.39, 0.29) is 30.3 Å². The minimum absolute atomic E-state index is 0.00261. The summed E-state index contributed by atoms with van der Waals surface area (Å²) in [5, 5.41) is 2.96. The van der Waals surface area contributed by atoms with Crippen LogP contribution in [0.4, 0.5) is 5.69 Å². The first-order chi connectivity index (χ1) is 11.1. The zero-order chi connectivity index (χ0) is 18.5. The van der Waals surface area contributed by atoms with E-state index < -0.39 is 10.2 Å². The number of carbonyl (C=O) groups is 1. The number of nitrogens with zero attached hydrogens (tertiary/aromatic N) is 2. The number of hydrogen-bond acceptors (Lipinski definition) is 3. The second kappa shape index (κ2) is 8.48. The summed E-state index contributed by atoms with van der Waals surface area (Å²) in [6, 6.07) is 8.65. The number of nitrogens with one attached hydrogen (secondary N) is 1. The summed E-state index contributed by atoms with van der Waals surface area (Å²) in [5.74, 6) is 0.228. The van der Waals surface area contributed by atoms with E-state index in [0.717, 1.165) is 8.61 Å². The van der Waals surface area contributed by atoms with Crippen molar-refractivity contribution in [3.63, 3.8) is 0 Å². The van der Waals surface area contributed by atoms with Crippen molar-refractivity contribution in [2.75, 3.05) is 24.9 Å². The van der Waals surface area contributed by atoms with Crippen molar-refractivity contribution in [1.29, 1.82) is 0 Å². The smallest absolute Gasteiger partial charge is 0.304 e. The molecule has 1 amide bonds. The molecule has 0 radical (unpaired) electrons. The van der Waals surface area contributed by atoms with Gasteiger partial charge in [-0.3, -0.25) is 4.79 Å². The number of amides is 1. The molecule has 1 N–H and O–H groups in total. The molecule has 0 saturated heterocycles. The third-order valence-electron chi connectivity index (χ3n) is 3.84. The van der Waals surface area contributed by atoms with Crippen LogP contribution in [0, 0.1) is 11.8 Å². The fraction of sp³-hybridized carbons (Fsp3) is 0.588. The molecule has 6 nitrogen and oxygen atoms in total. The van der Waals surface area contributed by atoms with Crippen molar-refractivity contribution in [1.82, 2.24) is 9.62 Å². The van der Waals surface area contributed by atoms with E-state index in [1.165, 1.54) is 14.1 Å². The molecule has 1 aromatic rings. The molecule has 7 heteroatoms. The van der Waals surface area contributed by atoms with Gasteiger partial charge in [-0.15, -0.1) is 0 Å². The molecule has 0 fully saturated rings. The topological polar surface area (TPSA) is 69.7 Å². The van der Waals surface area contributed by atoms with E-state index in [0.29, 0.717) is 5.69 Å². The van der Waals surface area contributed by atoms with Crippen LogP contribution >= 0.6 is 0 Å². The van der Waals surface area contributed by atoms with Crippen LogP contribution < -0.4 is 9.62 Å². The zero-order valence-electron chi connectivity index (χ0n) is 15.4. The average molecular weight is 356 g/mol. The molecule has 0 aliphatic heterocycles. The Morgan fingerprint density at radius 2 is 1.54 bits per heavy atom. The van der Waals surface area contributed by atoms with Gasteiger partial charge >= 0.3 is 10.2 Å². The normalized spacial score (nSPS) is 12.2. The van der Waals surface area contributed by atoms with E-state index in [1.54, 1.807) is 30.3 Å². The Balaban J connectivity index is 3.04. The molecule has 0 atom stereocenters. The van der Waals surface area contributed by atoms with Crippen LogP contribution in [0.1, 0.15) is 27.7 Å². The predicted molar refractivity (Wildman–Crippen MR) is 98.0 cm³/mol. The average Bonchev–Trinajstić information content (AvgIpc) is 2.50. The Morgan fingerprint density at radius 1 is 1.04 bits per heavy atom. The van der Waals surface area contributed by atoms with E-state index in [2.05, 4.69) is 5.32 Å². The first kappa shape index (κ1) is 20.4. The first-order valence-corrected chi connectivity index (χ1v) is 9.51. The van der Waals surface area contributed by atoms with Gasteiger partial charge in [0, 0.05) is 20.1 Å². The number of carbonyl (C=O) groups excluding carboxylic acids is 1. The minimum atomic E-state index is -3.76. The lowest BCUT2D eigenvalue weighted by molar-refractivity contribution is -0.121. The summed E-state index contributed by atoms with van der Waals surface area (Å²) in [6.45, 7) is 7.90.